The van der Waals surface area contributed by atoms with E-state index in [1.54, 1.807) is 0 Å². The van der Waals surface area contributed by atoms with Crippen molar-refractivity contribution in [2.75, 3.05) is 26.7 Å². The second-order valence-corrected chi connectivity index (χ2v) is 6.43. The highest BCUT2D eigenvalue weighted by Gasteiger charge is 2.23. The molecule has 2 amide bonds. The normalized spacial score (nSPS) is 18.3. The molecule has 1 heterocycles. The zero-order chi connectivity index (χ0) is 17.4. The highest BCUT2D eigenvalue weighted by Crippen LogP contribution is 2.18. The van der Waals surface area contributed by atoms with Gasteiger partial charge in [-0.05, 0) is 37.6 Å². The average molecular weight is 332 g/mol. The molecule has 24 heavy (non-hydrogen) atoms. The van der Waals surface area contributed by atoms with Crippen molar-refractivity contribution in [2.45, 2.75) is 32.4 Å². The lowest BCUT2D eigenvalue weighted by molar-refractivity contribution is -0.123. The van der Waals surface area contributed by atoms with Crippen molar-refractivity contribution in [1.82, 2.24) is 15.5 Å². The molecule has 6 heteroatoms. The second-order valence-electron chi connectivity index (χ2n) is 6.43. The molecule has 1 aliphatic rings. The molecule has 0 saturated carbocycles. The van der Waals surface area contributed by atoms with E-state index >= 15 is 0 Å². The van der Waals surface area contributed by atoms with Gasteiger partial charge in [0, 0.05) is 32.6 Å². The van der Waals surface area contributed by atoms with Gasteiger partial charge in [-0.25, -0.2) is 0 Å². The van der Waals surface area contributed by atoms with Gasteiger partial charge in [-0.1, -0.05) is 24.3 Å². The number of amides is 2. The molecular weight excluding hydrogens is 304 g/mol. The first-order valence-corrected chi connectivity index (χ1v) is 8.59. The Morgan fingerprint density at radius 2 is 2.12 bits per heavy atom. The summed E-state index contributed by atoms with van der Waals surface area (Å²) in [5.41, 5.74) is 7.73. The molecule has 1 aliphatic heterocycles. The summed E-state index contributed by atoms with van der Waals surface area (Å²) in [7, 11) is 1.83. The molecule has 0 spiro atoms. The third-order valence-corrected chi connectivity index (χ3v) is 4.40. The molecule has 1 unspecified atom stereocenters. The molecule has 0 bridgehead atoms. The van der Waals surface area contributed by atoms with Crippen LogP contribution in [-0.2, 0) is 22.7 Å². The van der Waals surface area contributed by atoms with Gasteiger partial charge in [0.15, 0.2) is 0 Å². The molecule has 1 fully saturated rings. The lowest BCUT2D eigenvalue weighted by Gasteiger charge is -2.31. The maximum atomic E-state index is 11.7. The Balaban J connectivity index is 1.86. The Kier molecular flexibility index (Phi) is 7.21. The number of rotatable bonds is 8. The molecule has 2 rings (SSSR count). The lowest BCUT2D eigenvalue weighted by atomic mass is 9.97. The van der Waals surface area contributed by atoms with Crippen LogP contribution in [0, 0.1) is 5.92 Å². The number of benzene rings is 1. The number of nitrogens with zero attached hydrogens (tertiary/aromatic N) is 1. The molecule has 1 aromatic carbocycles. The molecule has 6 nitrogen and oxygen atoms in total. The smallest absolute Gasteiger partial charge is 0.221 e. The van der Waals surface area contributed by atoms with Crippen LogP contribution in [0.15, 0.2) is 24.3 Å². The van der Waals surface area contributed by atoms with Crippen LogP contribution >= 0.6 is 0 Å². The van der Waals surface area contributed by atoms with Crippen LogP contribution in [-0.4, -0.2) is 43.4 Å². The van der Waals surface area contributed by atoms with Gasteiger partial charge in [0.2, 0.25) is 11.8 Å². The van der Waals surface area contributed by atoms with Crippen molar-refractivity contribution < 1.29 is 9.59 Å². The van der Waals surface area contributed by atoms with Crippen molar-refractivity contribution in [3.63, 3.8) is 0 Å². The molecule has 1 atom stereocenters. The van der Waals surface area contributed by atoms with Gasteiger partial charge in [-0.15, -0.1) is 0 Å². The van der Waals surface area contributed by atoms with Gasteiger partial charge in [0.25, 0.3) is 0 Å². The fourth-order valence-corrected chi connectivity index (χ4v) is 3.06. The maximum Gasteiger partial charge on any atom is 0.221 e. The summed E-state index contributed by atoms with van der Waals surface area (Å²) in [5, 5.41) is 5.90. The van der Waals surface area contributed by atoms with Crippen LogP contribution in [0.4, 0.5) is 0 Å². The van der Waals surface area contributed by atoms with Crippen molar-refractivity contribution in [3.05, 3.63) is 35.4 Å². The summed E-state index contributed by atoms with van der Waals surface area (Å²) in [6.45, 7) is 3.77. The molecule has 1 aromatic rings. The van der Waals surface area contributed by atoms with Crippen LogP contribution in [0.1, 0.15) is 30.4 Å². The fraction of sp³-hybridized carbons (Fsp3) is 0.556. The minimum atomic E-state index is -0.197. The SMILES string of the molecule is CNCCC(=O)NCc1cccc(CN2CCCC(C(N)=O)C2)c1. The topological polar surface area (TPSA) is 87.5 Å². The summed E-state index contributed by atoms with van der Waals surface area (Å²) in [6, 6.07) is 8.23. The highest BCUT2D eigenvalue weighted by molar-refractivity contribution is 5.77. The first-order valence-electron chi connectivity index (χ1n) is 8.59. The number of nitrogens with one attached hydrogen (secondary N) is 2. The molecule has 1 saturated heterocycles. The number of hydrogen-bond acceptors (Lipinski definition) is 4. The summed E-state index contributed by atoms with van der Waals surface area (Å²) < 4.78 is 0. The van der Waals surface area contributed by atoms with E-state index in [2.05, 4.69) is 27.7 Å². The van der Waals surface area contributed by atoms with E-state index in [9.17, 15) is 9.59 Å². The van der Waals surface area contributed by atoms with Crippen LogP contribution < -0.4 is 16.4 Å². The van der Waals surface area contributed by atoms with Crippen LogP contribution in [0.2, 0.25) is 0 Å². The van der Waals surface area contributed by atoms with Crippen LogP contribution in [0.25, 0.3) is 0 Å². The largest absolute Gasteiger partial charge is 0.369 e. The molecule has 132 valence electrons. The average Bonchev–Trinajstić information content (AvgIpc) is 2.58. The van der Waals surface area contributed by atoms with Crippen molar-refractivity contribution >= 4 is 11.8 Å². The number of carbonyl (C=O) groups excluding carboxylic acids is 2. The Bertz CT molecular complexity index is 562. The first kappa shape index (κ1) is 18.4. The number of likely N-dealkylation sites (tertiary alicyclic amines) is 1. The predicted octanol–water partition coefficient (Wildman–Crippen LogP) is 0.610. The van der Waals surface area contributed by atoms with Crippen LogP contribution in [0.3, 0.4) is 0 Å². The van der Waals surface area contributed by atoms with E-state index in [0.717, 1.165) is 38.0 Å². The number of piperidine rings is 1. The van der Waals surface area contributed by atoms with E-state index in [1.807, 2.05) is 19.2 Å². The van der Waals surface area contributed by atoms with Gasteiger partial charge in [0.05, 0.1) is 5.92 Å². The number of primary amides is 1. The van der Waals surface area contributed by atoms with Crippen molar-refractivity contribution in [3.8, 4) is 0 Å². The Morgan fingerprint density at radius 1 is 1.33 bits per heavy atom. The minimum absolute atomic E-state index is 0.0339. The lowest BCUT2D eigenvalue weighted by Crippen LogP contribution is -2.40. The van der Waals surface area contributed by atoms with Gasteiger partial charge >= 0.3 is 0 Å². The third kappa shape index (κ3) is 5.94. The Hall–Kier alpha value is -1.92. The van der Waals surface area contributed by atoms with Gasteiger partial charge < -0.3 is 16.4 Å². The van der Waals surface area contributed by atoms with Gasteiger partial charge in [0.1, 0.15) is 0 Å². The zero-order valence-electron chi connectivity index (χ0n) is 14.4. The van der Waals surface area contributed by atoms with Crippen molar-refractivity contribution in [2.24, 2.45) is 11.7 Å². The summed E-state index contributed by atoms with van der Waals surface area (Å²) in [4.78, 5) is 25.3. The fourth-order valence-electron chi connectivity index (χ4n) is 3.06. The first-order chi connectivity index (χ1) is 11.6. The summed E-state index contributed by atoms with van der Waals surface area (Å²) in [5.74, 6) is -0.179. The summed E-state index contributed by atoms with van der Waals surface area (Å²) >= 11 is 0. The molecule has 0 aliphatic carbocycles. The van der Waals surface area contributed by atoms with Crippen LogP contribution in [0.5, 0.6) is 0 Å². The maximum absolute atomic E-state index is 11.7. The zero-order valence-corrected chi connectivity index (χ0v) is 14.4. The third-order valence-electron chi connectivity index (χ3n) is 4.40. The minimum Gasteiger partial charge on any atom is -0.369 e. The van der Waals surface area contributed by atoms with Gasteiger partial charge in [-0.2, -0.15) is 0 Å². The monoisotopic (exact) mass is 332 g/mol. The van der Waals surface area contributed by atoms with Gasteiger partial charge in [-0.3, -0.25) is 14.5 Å². The van der Waals surface area contributed by atoms with E-state index in [1.165, 1.54) is 5.56 Å². The van der Waals surface area contributed by atoms with E-state index in [-0.39, 0.29) is 17.7 Å². The van der Waals surface area contributed by atoms with E-state index in [4.69, 9.17) is 5.73 Å². The number of nitrogens with two attached hydrogens (primary N) is 1. The summed E-state index contributed by atoms with van der Waals surface area (Å²) in [6.07, 6.45) is 2.39. The Labute approximate surface area is 143 Å². The molecule has 4 N–H and O–H groups in total. The quantitative estimate of drug-likeness (QED) is 0.651. The number of carbonyl (C=O) groups is 2. The van der Waals surface area contributed by atoms with E-state index in [0.29, 0.717) is 19.5 Å². The Morgan fingerprint density at radius 3 is 2.88 bits per heavy atom. The van der Waals surface area contributed by atoms with E-state index < -0.39 is 0 Å². The molecule has 0 aromatic heterocycles. The number of hydrogen-bond donors (Lipinski definition) is 3. The second kappa shape index (κ2) is 9.39. The molecular formula is C18H28N4O2. The highest BCUT2D eigenvalue weighted by atomic mass is 16.2. The predicted molar refractivity (Wildman–Crippen MR) is 94.0 cm³/mol. The standard InChI is InChI=1S/C18H28N4O2/c1-20-8-7-17(23)21-11-14-4-2-5-15(10-14)12-22-9-3-6-16(13-22)18(19)24/h2,4-5,10,16,20H,3,6-9,11-13H2,1H3,(H2,19,24)(H,21,23). The molecule has 0 radical (unpaired) electrons. The van der Waals surface area contributed by atoms with Crippen molar-refractivity contribution in [1.29, 1.82) is 0 Å².